The van der Waals surface area contributed by atoms with Crippen molar-refractivity contribution in [2.45, 2.75) is 76.4 Å². The highest BCUT2D eigenvalue weighted by Crippen LogP contribution is 2.30. The standard InChI is InChI=1S/C32H37Cl2N3O4S/c1-4-29(32(39)35-24-11-6-7-12-24)36(20-26-27(33)13-9-14-28(26)34)31(38)21-37(30-15-8-5-10-23(30)3)42(40,41)25-18-16-22(2)17-19-25/h5,8-10,13-19,24,29H,4,6-7,11-12,20-21H2,1-3H3,(H,35,39)/t29-/m0/s1. The fourth-order valence-electron chi connectivity index (χ4n) is 5.33. The van der Waals surface area contributed by atoms with E-state index in [4.69, 9.17) is 23.2 Å². The van der Waals surface area contributed by atoms with Crippen LogP contribution in [0.25, 0.3) is 0 Å². The maximum absolute atomic E-state index is 14.3. The molecule has 0 radical (unpaired) electrons. The van der Waals surface area contributed by atoms with E-state index in [9.17, 15) is 18.0 Å². The van der Waals surface area contributed by atoms with Crippen LogP contribution in [0.3, 0.4) is 0 Å². The number of hydrogen-bond acceptors (Lipinski definition) is 4. The average molecular weight is 631 g/mol. The average Bonchev–Trinajstić information content (AvgIpc) is 3.46. The number of rotatable bonds is 11. The molecule has 1 N–H and O–H groups in total. The maximum atomic E-state index is 14.3. The molecule has 3 aromatic carbocycles. The van der Waals surface area contributed by atoms with Crippen LogP contribution in [-0.4, -0.2) is 43.8 Å². The second kappa shape index (κ2) is 13.9. The lowest BCUT2D eigenvalue weighted by atomic mass is 10.1. The molecule has 0 heterocycles. The Morgan fingerprint density at radius 1 is 0.929 bits per heavy atom. The SMILES string of the molecule is CC[C@@H](C(=O)NC1CCCC1)N(Cc1c(Cl)cccc1Cl)C(=O)CN(c1ccccc1C)S(=O)(=O)c1ccc(C)cc1. The molecule has 0 aromatic heterocycles. The van der Waals surface area contributed by atoms with E-state index < -0.39 is 28.5 Å². The Hall–Kier alpha value is -3.07. The molecule has 1 aliphatic rings. The molecule has 0 unspecified atom stereocenters. The molecule has 0 spiro atoms. The van der Waals surface area contributed by atoms with E-state index in [1.165, 1.54) is 17.0 Å². The summed E-state index contributed by atoms with van der Waals surface area (Å²) in [5.41, 5.74) is 2.47. The van der Waals surface area contributed by atoms with E-state index in [2.05, 4.69) is 5.32 Å². The van der Waals surface area contributed by atoms with Gasteiger partial charge in [-0.1, -0.05) is 84.9 Å². The second-order valence-corrected chi connectivity index (χ2v) is 13.4. The first-order valence-corrected chi connectivity index (χ1v) is 16.4. The second-order valence-electron chi connectivity index (χ2n) is 10.7. The topological polar surface area (TPSA) is 86.8 Å². The predicted molar refractivity (Wildman–Crippen MR) is 168 cm³/mol. The van der Waals surface area contributed by atoms with Crippen molar-refractivity contribution in [3.05, 3.63) is 93.5 Å². The Labute approximate surface area is 258 Å². The van der Waals surface area contributed by atoms with Crippen molar-refractivity contribution < 1.29 is 18.0 Å². The molecule has 1 atom stereocenters. The highest BCUT2D eigenvalue weighted by Gasteiger charge is 2.35. The first kappa shape index (κ1) is 31.9. The summed E-state index contributed by atoms with van der Waals surface area (Å²) in [6.45, 7) is 4.92. The van der Waals surface area contributed by atoms with Crippen molar-refractivity contribution in [2.24, 2.45) is 0 Å². The molecule has 1 aliphatic carbocycles. The van der Waals surface area contributed by atoms with E-state index in [-0.39, 0.29) is 23.4 Å². The minimum Gasteiger partial charge on any atom is -0.352 e. The summed E-state index contributed by atoms with van der Waals surface area (Å²) in [5, 5.41) is 3.82. The largest absolute Gasteiger partial charge is 0.352 e. The zero-order valence-electron chi connectivity index (χ0n) is 24.1. The highest BCUT2D eigenvalue weighted by molar-refractivity contribution is 7.92. The molecule has 0 bridgehead atoms. The van der Waals surface area contributed by atoms with Crippen LogP contribution in [0.15, 0.2) is 71.6 Å². The summed E-state index contributed by atoms with van der Waals surface area (Å²) in [6.07, 6.45) is 4.19. The summed E-state index contributed by atoms with van der Waals surface area (Å²) < 4.78 is 29.2. The Morgan fingerprint density at radius 3 is 2.14 bits per heavy atom. The third kappa shape index (κ3) is 7.28. The van der Waals surface area contributed by atoms with E-state index in [0.717, 1.165) is 35.6 Å². The van der Waals surface area contributed by atoms with Crippen molar-refractivity contribution in [3.63, 3.8) is 0 Å². The van der Waals surface area contributed by atoms with Crippen LogP contribution in [0.5, 0.6) is 0 Å². The minimum absolute atomic E-state index is 0.0535. The molecule has 10 heteroatoms. The van der Waals surface area contributed by atoms with Gasteiger partial charge in [-0.15, -0.1) is 0 Å². The van der Waals surface area contributed by atoms with Gasteiger partial charge in [0.2, 0.25) is 11.8 Å². The molecule has 0 aliphatic heterocycles. The van der Waals surface area contributed by atoms with Crippen molar-refractivity contribution in [2.75, 3.05) is 10.8 Å². The highest BCUT2D eigenvalue weighted by atomic mass is 35.5. The number of amides is 2. The number of carbonyl (C=O) groups excluding carboxylic acids is 2. The Balaban J connectivity index is 1.75. The van der Waals surface area contributed by atoms with E-state index in [1.807, 2.05) is 19.9 Å². The predicted octanol–water partition coefficient (Wildman–Crippen LogP) is 6.67. The molecular weight excluding hydrogens is 593 g/mol. The molecular formula is C32H37Cl2N3O4S. The van der Waals surface area contributed by atoms with Crippen LogP contribution < -0.4 is 9.62 Å². The Bertz CT molecular complexity index is 1500. The van der Waals surface area contributed by atoms with Crippen molar-refractivity contribution in [1.82, 2.24) is 10.2 Å². The molecule has 7 nitrogen and oxygen atoms in total. The van der Waals surface area contributed by atoms with Crippen molar-refractivity contribution >= 4 is 50.7 Å². The first-order valence-electron chi connectivity index (χ1n) is 14.2. The molecule has 42 heavy (non-hydrogen) atoms. The summed E-state index contributed by atoms with van der Waals surface area (Å²) in [4.78, 5) is 29.4. The van der Waals surface area contributed by atoms with Gasteiger partial charge in [0.05, 0.1) is 10.6 Å². The van der Waals surface area contributed by atoms with Gasteiger partial charge in [-0.3, -0.25) is 13.9 Å². The molecule has 4 rings (SSSR count). The van der Waals surface area contributed by atoms with Crippen molar-refractivity contribution in [3.8, 4) is 0 Å². The molecule has 1 saturated carbocycles. The number of aryl methyl sites for hydroxylation is 2. The molecule has 1 fully saturated rings. The lowest BCUT2D eigenvalue weighted by Gasteiger charge is -2.34. The molecule has 3 aromatic rings. The quantitative estimate of drug-likeness (QED) is 0.256. The van der Waals surface area contributed by atoms with Crippen LogP contribution in [0, 0.1) is 13.8 Å². The van der Waals surface area contributed by atoms with Crippen molar-refractivity contribution in [1.29, 1.82) is 0 Å². The lowest BCUT2D eigenvalue weighted by Crippen LogP contribution is -2.53. The lowest BCUT2D eigenvalue weighted by molar-refractivity contribution is -0.140. The third-order valence-corrected chi connectivity index (χ3v) is 10.2. The van der Waals surface area contributed by atoms with Gasteiger partial charge in [0.25, 0.3) is 10.0 Å². The number of anilines is 1. The van der Waals surface area contributed by atoms with Crippen LogP contribution in [-0.2, 0) is 26.2 Å². The Morgan fingerprint density at radius 2 is 1.55 bits per heavy atom. The van der Waals surface area contributed by atoms with Crippen LogP contribution in [0.1, 0.15) is 55.7 Å². The molecule has 224 valence electrons. The zero-order valence-corrected chi connectivity index (χ0v) is 26.5. The first-order chi connectivity index (χ1) is 20.0. The van der Waals surface area contributed by atoms with Crippen LogP contribution in [0.4, 0.5) is 5.69 Å². The fraction of sp³-hybridized carbons (Fsp3) is 0.375. The number of nitrogens with zero attached hydrogens (tertiary/aromatic N) is 2. The number of hydrogen-bond donors (Lipinski definition) is 1. The van der Waals surface area contributed by atoms with E-state index >= 15 is 0 Å². The van der Waals surface area contributed by atoms with E-state index in [0.29, 0.717) is 33.3 Å². The third-order valence-electron chi connectivity index (χ3n) is 7.75. The number of sulfonamides is 1. The van der Waals surface area contributed by atoms with Gasteiger partial charge in [0, 0.05) is 28.2 Å². The number of benzene rings is 3. The Kier molecular flexibility index (Phi) is 10.6. The molecule has 2 amide bonds. The number of nitrogens with one attached hydrogen (secondary N) is 1. The molecule has 0 saturated heterocycles. The maximum Gasteiger partial charge on any atom is 0.264 e. The van der Waals surface area contributed by atoms with Crippen LogP contribution in [0.2, 0.25) is 10.0 Å². The fourth-order valence-corrected chi connectivity index (χ4v) is 7.33. The van der Waals surface area contributed by atoms with Gasteiger partial charge in [-0.2, -0.15) is 0 Å². The number of carbonyl (C=O) groups is 2. The smallest absolute Gasteiger partial charge is 0.264 e. The van der Waals surface area contributed by atoms with Gasteiger partial charge >= 0.3 is 0 Å². The van der Waals surface area contributed by atoms with Gasteiger partial charge in [0.15, 0.2) is 0 Å². The van der Waals surface area contributed by atoms with E-state index in [1.54, 1.807) is 55.5 Å². The van der Waals surface area contributed by atoms with Gasteiger partial charge in [0.1, 0.15) is 12.6 Å². The monoisotopic (exact) mass is 629 g/mol. The summed E-state index contributed by atoms with van der Waals surface area (Å²) in [5.74, 6) is -0.817. The van der Waals surface area contributed by atoms with Gasteiger partial charge in [-0.25, -0.2) is 8.42 Å². The van der Waals surface area contributed by atoms with Crippen LogP contribution >= 0.6 is 23.2 Å². The number of para-hydroxylation sites is 1. The number of halogens is 2. The van der Waals surface area contributed by atoms with Gasteiger partial charge in [-0.05, 0) is 69.0 Å². The summed E-state index contributed by atoms with van der Waals surface area (Å²) >= 11 is 13.0. The summed E-state index contributed by atoms with van der Waals surface area (Å²) in [7, 11) is -4.15. The summed E-state index contributed by atoms with van der Waals surface area (Å²) in [6, 6.07) is 17.8. The zero-order chi connectivity index (χ0) is 30.4. The van der Waals surface area contributed by atoms with Gasteiger partial charge < -0.3 is 10.2 Å². The normalized spacial score (nSPS) is 14.4. The minimum atomic E-state index is -4.15.